The lowest BCUT2D eigenvalue weighted by Gasteiger charge is -2.11. The first-order valence-corrected chi connectivity index (χ1v) is 4.61. The van der Waals surface area contributed by atoms with Gasteiger partial charge in [-0.05, 0) is 19.8 Å². The SMILES string of the molecule is CCCCC(Cl)OC(=O)[C@H](C)N. The maximum atomic E-state index is 10.9. The number of carbonyl (C=O) groups excluding carboxylic acids is 1. The van der Waals surface area contributed by atoms with Crippen molar-refractivity contribution < 1.29 is 9.53 Å². The van der Waals surface area contributed by atoms with E-state index < -0.39 is 17.6 Å². The van der Waals surface area contributed by atoms with Crippen LogP contribution in [0.4, 0.5) is 0 Å². The first-order chi connectivity index (χ1) is 5.57. The van der Waals surface area contributed by atoms with Gasteiger partial charge in [-0.25, -0.2) is 0 Å². The number of hydrogen-bond acceptors (Lipinski definition) is 3. The molecule has 2 atom stereocenters. The van der Waals surface area contributed by atoms with Gasteiger partial charge in [-0.1, -0.05) is 24.9 Å². The number of halogens is 1. The van der Waals surface area contributed by atoms with Gasteiger partial charge in [0.25, 0.3) is 0 Å². The standard InChI is InChI=1S/C8H16ClNO2/c1-3-4-5-7(9)12-8(11)6(2)10/h6-7H,3-5,10H2,1-2H3/t6-,7?/m0/s1. The van der Waals surface area contributed by atoms with Crippen LogP contribution >= 0.6 is 11.6 Å². The van der Waals surface area contributed by atoms with Gasteiger partial charge in [0.15, 0.2) is 5.56 Å². The van der Waals surface area contributed by atoms with Gasteiger partial charge in [0.05, 0.1) is 0 Å². The largest absolute Gasteiger partial charge is 0.445 e. The van der Waals surface area contributed by atoms with Gasteiger partial charge in [0.1, 0.15) is 6.04 Å². The van der Waals surface area contributed by atoms with E-state index in [4.69, 9.17) is 22.1 Å². The second-order valence-corrected chi connectivity index (χ2v) is 3.26. The number of alkyl halides is 1. The Morgan fingerprint density at radius 3 is 2.67 bits per heavy atom. The molecule has 0 aliphatic heterocycles. The summed E-state index contributed by atoms with van der Waals surface area (Å²) in [6.07, 6.45) is 2.69. The molecule has 1 unspecified atom stereocenters. The van der Waals surface area contributed by atoms with Crippen LogP contribution in [0.5, 0.6) is 0 Å². The number of carbonyl (C=O) groups is 1. The van der Waals surface area contributed by atoms with Crippen LogP contribution < -0.4 is 5.73 Å². The third kappa shape index (κ3) is 5.38. The zero-order valence-corrected chi connectivity index (χ0v) is 8.30. The second kappa shape index (κ2) is 6.26. The van der Waals surface area contributed by atoms with Gasteiger partial charge in [0, 0.05) is 0 Å². The number of ether oxygens (including phenoxy) is 1. The van der Waals surface area contributed by atoms with Gasteiger partial charge >= 0.3 is 5.97 Å². The highest BCUT2D eigenvalue weighted by molar-refractivity contribution is 6.20. The third-order valence-corrected chi connectivity index (χ3v) is 1.71. The molecule has 3 nitrogen and oxygen atoms in total. The monoisotopic (exact) mass is 193 g/mol. The molecule has 72 valence electrons. The van der Waals surface area contributed by atoms with Crippen molar-refractivity contribution in [3.8, 4) is 0 Å². The Labute approximate surface area is 78.2 Å². The highest BCUT2D eigenvalue weighted by atomic mass is 35.5. The van der Waals surface area contributed by atoms with E-state index >= 15 is 0 Å². The summed E-state index contributed by atoms with van der Waals surface area (Å²) in [6, 6.07) is -0.590. The molecule has 0 fully saturated rings. The normalized spacial score (nSPS) is 15.3. The Bertz CT molecular complexity index is 139. The Hall–Kier alpha value is -0.280. The molecule has 0 bridgehead atoms. The van der Waals surface area contributed by atoms with Gasteiger partial charge in [-0.15, -0.1) is 0 Å². The highest BCUT2D eigenvalue weighted by Crippen LogP contribution is 2.09. The summed E-state index contributed by atoms with van der Waals surface area (Å²) in [5.41, 5.74) is 4.76. The zero-order chi connectivity index (χ0) is 9.56. The molecule has 0 aliphatic carbocycles. The fourth-order valence-electron chi connectivity index (χ4n) is 0.657. The van der Waals surface area contributed by atoms with Crippen LogP contribution in [0, 0.1) is 0 Å². The molecule has 0 aromatic rings. The van der Waals surface area contributed by atoms with Crippen LogP contribution in [0.25, 0.3) is 0 Å². The Balaban J connectivity index is 3.54. The van der Waals surface area contributed by atoms with Crippen molar-refractivity contribution in [3.63, 3.8) is 0 Å². The minimum atomic E-state index is -0.590. The van der Waals surface area contributed by atoms with Crippen molar-refractivity contribution in [1.29, 1.82) is 0 Å². The van der Waals surface area contributed by atoms with Crippen LogP contribution in [-0.4, -0.2) is 17.6 Å². The van der Waals surface area contributed by atoms with Crippen molar-refractivity contribution >= 4 is 17.6 Å². The van der Waals surface area contributed by atoms with E-state index in [0.29, 0.717) is 6.42 Å². The van der Waals surface area contributed by atoms with E-state index in [2.05, 4.69) is 6.92 Å². The quantitative estimate of drug-likeness (QED) is 0.534. The number of esters is 1. The van der Waals surface area contributed by atoms with Gasteiger partial charge in [-0.2, -0.15) is 0 Å². The van der Waals surface area contributed by atoms with Crippen LogP contribution in [0.3, 0.4) is 0 Å². The summed E-state index contributed by atoms with van der Waals surface area (Å²) < 4.78 is 4.82. The first kappa shape index (κ1) is 11.7. The third-order valence-electron chi connectivity index (χ3n) is 1.40. The lowest BCUT2D eigenvalue weighted by atomic mass is 10.3. The number of rotatable bonds is 5. The minimum Gasteiger partial charge on any atom is -0.445 e. The molecule has 0 saturated carbocycles. The molecule has 0 saturated heterocycles. The van der Waals surface area contributed by atoms with Gasteiger partial charge in [-0.3, -0.25) is 4.79 Å². The van der Waals surface area contributed by atoms with Crippen LogP contribution in [-0.2, 0) is 9.53 Å². The van der Waals surface area contributed by atoms with E-state index in [1.807, 2.05) is 0 Å². The average molecular weight is 194 g/mol. The molecule has 0 aliphatic rings. The first-order valence-electron chi connectivity index (χ1n) is 4.18. The summed E-state index contributed by atoms with van der Waals surface area (Å²) in [4.78, 5) is 10.9. The lowest BCUT2D eigenvalue weighted by molar-refractivity contribution is -0.146. The van der Waals surface area contributed by atoms with E-state index in [1.165, 1.54) is 0 Å². The van der Waals surface area contributed by atoms with Gasteiger partial charge in [0.2, 0.25) is 0 Å². The topological polar surface area (TPSA) is 52.3 Å². The van der Waals surface area contributed by atoms with Gasteiger partial charge < -0.3 is 10.5 Å². The molecule has 0 heterocycles. The molecule has 0 aromatic carbocycles. The lowest BCUT2D eigenvalue weighted by Crippen LogP contribution is -2.30. The van der Waals surface area contributed by atoms with Crippen molar-refractivity contribution in [1.82, 2.24) is 0 Å². The average Bonchev–Trinajstić information content (AvgIpc) is 2.00. The molecule has 0 amide bonds. The Morgan fingerprint density at radius 1 is 1.67 bits per heavy atom. The Morgan fingerprint density at radius 2 is 2.25 bits per heavy atom. The molecule has 0 aromatic heterocycles. The van der Waals surface area contributed by atoms with E-state index in [9.17, 15) is 4.79 Å². The molecular formula is C8H16ClNO2. The summed E-state index contributed by atoms with van der Waals surface area (Å²) in [6.45, 7) is 3.63. The maximum Gasteiger partial charge on any atom is 0.324 e. The molecule has 2 N–H and O–H groups in total. The van der Waals surface area contributed by atoms with Crippen molar-refractivity contribution in [3.05, 3.63) is 0 Å². The summed E-state index contributed by atoms with van der Waals surface area (Å²) in [7, 11) is 0. The highest BCUT2D eigenvalue weighted by Gasteiger charge is 2.13. The fraction of sp³-hybridized carbons (Fsp3) is 0.875. The van der Waals surface area contributed by atoms with Crippen LogP contribution in [0.1, 0.15) is 33.1 Å². The molecule has 12 heavy (non-hydrogen) atoms. The van der Waals surface area contributed by atoms with Crippen LogP contribution in [0.2, 0.25) is 0 Å². The predicted octanol–water partition coefficient (Wildman–Crippen LogP) is 1.63. The summed E-state index contributed by atoms with van der Waals surface area (Å²) in [5, 5.41) is 0. The van der Waals surface area contributed by atoms with E-state index in [-0.39, 0.29) is 0 Å². The summed E-state index contributed by atoms with van der Waals surface area (Å²) >= 11 is 5.70. The zero-order valence-electron chi connectivity index (χ0n) is 7.55. The smallest absolute Gasteiger partial charge is 0.324 e. The fourth-order valence-corrected chi connectivity index (χ4v) is 0.899. The maximum absolute atomic E-state index is 10.9. The minimum absolute atomic E-state index is 0.439. The predicted molar refractivity (Wildman–Crippen MR) is 48.9 cm³/mol. The number of unbranched alkanes of at least 4 members (excludes halogenated alkanes) is 1. The second-order valence-electron chi connectivity index (χ2n) is 2.78. The van der Waals surface area contributed by atoms with E-state index in [0.717, 1.165) is 12.8 Å². The van der Waals surface area contributed by atoms with Crippen molar-refractivity contribution in [2.24, 2.45) is 5.73 Å². The molecule has 0 radical (unpaired) electrons. The molecular weight excluding hydrogens is 178 g/mol. The van der Waals surface area contributed by atoms with Crippen molar-refractivity contribution in [2.75, 3.05) is 0 Å². The molecule has 0 rings (SSSR count). The molecule has 0 spiro atoms. The number of nitrogens with two attached hydrogens (primary N) is 1. The molecule has 4 heteroatoms. The van der Waals surface area contributed by atoms with E-state index in [1.54, 1.807) is 6.92 Å². The van der Waals surface area contributed by atoms with Crippen LogP contribution in [0.15, 0.2) is 0 Å². The van der Waals surface area contributed by atoms with Crippen molar-refractivity contribution in [2.45, 2.75) is 44.7 Å². The summed E-state index contributed by atoms with van der Waals surface area (Å²) in [5.74, 6) is -0.439. The Kier molecular flexibility index (Phi) is 6.11. The number of hydrogen-bond donors (Lipinski definition) is 1.